The molecule has 1 amide bonds. The number of nitrogens with one attached hydrogen (secondary N) is 1. The highest BCUT2D eigenvalue weighted by Gasteiger charge is 2.26. The van der Waals surface area contributed by atoms with Gasteiger partial charge in [-0.2, -0.15) is 0 Å². The Bertz CT molecular complexity index is 535. The first-order chi connectivity index (χ1) is 9.66. The van der Waals surface area contributed by atoms with Crippen molar-refractivity contribution in [3.8, 4) is 0 Å². The molecule has 0 radical (unpaired) electrons. The van der Waals surface area contributed by atoms with Gasteiger partial charge < -0.3 is 10.1 Å². The topological polar surface area (TPSA) is 81.5 Å². The zero-order chi connectivity index (χ0) is 16.2. The number of nitrogens with zero attached hydrogens (tertiary/aromatic N) is 1. The fourth-order valence-electron chi connectivity index (χ4n) is 2.01. The van der Waals surface area contributed by atoms with Crippen molar-refractivity contribution >= 4 is 11.6 Å². The molecule has 0 saturated carbocycles. The van der Waals surface area contributed by atoms with Crippen LogP contribution in [0.5, 0.6) is 0 Å². The smallest absolute Gasteiger partial charge is 0.282 e. The highest BCUT2D eigenvalue weighted by molar-refractivity contribution is 5.98. The maximum atomic E-state index is 12.2. The van der Waals surface area contributed by atoms with E-state index >= 15 is 0 Å². The number of rotatable bonds is 5. The van der Waals surface area contributed by atoms with Crippen LogP contribution in [0.2, 0.25) is 0 Å². The van der Waals surface area contributed by atoms with E-state index in [2.05, 4.69) is 5.32 Å². The van der Waals surface area contributed by atoms with E-state index in [-0.39, 0.29) is 22.8 Å². The molecule has 0 bridgehead atoms. The van der Waals surface area contributed by atoms with Crippen LogP contribution in [0.4, 0.5) is 5.69 Å². The molecule has 1 N–H and O–H groups in total. The Hall–Kier alpha value is -1.95. The molecule has 116 valence electrons. The quantitative estimate of drug-likeness (QED) is 0.668. The summed E-state index contributed by atoms with van der Waals surface area (Å²) in [6.07, 6.45) is -0.176. The zero-order valence-corrected chi connectivity index (χ0v) is 13.1. The van der Waals surface area contributed by atoms with Gasteiger partial charge in [-0.25, -0.2) is 0 Å². The Balaban J connectivity index is 2.90. The third kappa shape index (κ3) is 4.53. The monoisotopic (exact) mass is 294 g/mol. The summed E-state index contributed by atoms with van der Waals surface area (Å²) in [6.45, 7) is 8.09. The maximum absolute atomic E-state index is 12.2. The number of amides is 1. The van der Waals surface area contributed by atoms with Crippen LogP contribution in [0.25, 0.3) is 0 Å². The number of carbonyl (C=O) groups is 1. The van der Waals surface area contributed by atoms with Gasteiger partial charge in [0.25, 0.3) is 11.6 Å². The van der Waals surface area contributed by atoms with Crippen LogP contribution in [0.1, 0.15) is 36.7 Å². The van der Waals surface area contributed by atoms with E-state index in [4.69, 9.17) is 4.74 Å². The second-order valence-corrected chi connectivity index (χ2v) is 6.08. The number of methoxy groups -OCH3 is 1. The summed E-state index contributed by atoms with van der Waals surface area (Å²) in [7, 11) is 1.58. The van der Waals surface area contributed by atoms with E-state index in [0.29, 0.717) is 6.54 Å². The Labute approximate surface area is 124 Å². The summed E-state index contributed by atoms with van der Waals surface area (Å²) in [6, 6.07) is 4.48. The molecule has 0 heterocycles. The molecule has 0 spiro atoms. The second-order valence-electron chi connectivity index (χ2n) is 6.08. The summed E-state index contributed by atoms with van der Waals surface area (Å²) in [5, 5.41) is 13.7. The van der Waals surface area contributed by atoms with Gasteiger partial charge in [-0.1, -0.05) is 26.8 Å². The van der Waals surface area contributed by atoms with Crippen molar-refractivity contribution in [3.63, 3.8) is 0 Å². The Morgan fingerprint density at radius 2 is 2.05 bits per heavy atom. The summed E-state index contributed by atoms with van der Waals surface area (Å²) in [5.74, 6) is -0.461. The lowest BCUT2D eigenvalue weighted by Crippen LogP contribution is -2.40. The lowest BCUT2D eigenvalue weighted by molar-refractivity contribution is -0.385. The van der Waals surface area contributed by atoms with Gasteiger partial charge >= 0.3 is 0 Å². The van der Waals surface area contributed by atoms with Crippen LogP contribution in [0.15, 0.2) is 18.2 Å². The van der Waals surface area contributed by atoms with E-state index in [1.165, 1.54) is 12.1 Å². The molecule has 6 heteroatoms. The van der Waals surface area contributed by atoms with Crippen molar-refractivity contribution in [1.29, 1.82) is 0 Å². The number of aryl methyl sites for hydroxylation is 1. The summed E-state index contributed by atoms with van der Waals surface area (Å²) < 4.78 is 5.35. The van der Waals surface area contributed by atoms with Crippen molar-refractivity contribution in [2.75, 3.05) is 13.7 Å². The van der Waals surface area contributed by atoms with E-state index in [9.17, 15) is 14.9 Å². The molecule has 0 aliphatic carbocycles. The minimum absolute atomic E-state index is 0.0729. The molecule has 0 aliphatic rings. The van der Waals surface area contributed by atoms with Crippen molar-refractivity contribution in [1.82, 2.24) is 5.32 Å². The van der Waals surface area contributed by atoms with Gasteiger partial charge in [0.15, 0.2) is 0 Å². The average Bonchev–Trinajstić information content (AvgIpc) is 2.37. The molecule has 1 unspecified atom stereocenters. The standard InChI is InChI=1S/C15H22N2O4/c1-10-6-7-12(17(19)20)11(8-10)14(18)16-9-13(21-5)15(2,3)4/h6-8,13H,9H2,1-5H3,(H,16,18). The van der Waals surface area contributed by atoms with Crippen molar-refractivity contribution in [2.24, 2.45) is 5.41 Å². The van der Waals surface area contributed by atoms with Crippen LogP contribution in [-0.2, 0) is 4.74 Å². The minimum Gasteiger partial charge on any atom is -0.379 e. The van der Waals surface area contributed by atoms with Gasteiger partial charge in [-0.05, 0) is 24.0 Å². The van der Waals surface area contributed by atoms with E-state index < -0.39 is 10.8 Å². The summed E-state index contributed by atoms with van der Waals surface area (Å²) >= 11 is 0. The first kappa shape index (κ1) is 17.1. The van der Waals surface area contributed by atoms with E-state index in [1.54, 1.807) is 20.1 Å². The molecular formula is C15H22N2O4. The lowest BCUT2D eigenvalue weighted by Gasteiger charge is -2.29. The Morgan fingerprint density at radius 1 is 1.43 bits per heavy atom. The highest BCUT2D eigenvalue weighted by atomic mass is 16.6. The number of ether oxygens (including phenoxy) is 1. The number of hydrogen-bond donors (Lipinski definition) is 1. The van der Waals surface area contributed by atoms with Crippen LogP contribution >= 0.6 is 0 Å². The van der Waals surface area contributed by atoms with Crippen molar-refractivity contribution in [3.05, 3.63) is 39.4 Å². The molecule has 0 aliphatic heterocycles. The van der Waals surface area contributed by atoms with E-state index in [1.807, 2.05) is 20.8 Å². The lowest BCUT2D eigenvalue weighted by atomic mass is 9.89. The average molecular weight is 294 g/mol. The SMILES string of the molecule is COC(CNC(=O)c1cc(C)ccc1[N+](=O)[O-])C(C)(C)C. The number of nitro groups is 1. The predicted molar refractivity (Wildman–Crippen MR) is 80.4 cm³/mol. The molecule has 1 atom stereocenters. The molecular weight excluding hydrogens is 272 g/mol. The van der Waals surface area contributed by atoms with Crippen LogP contribution in [0, 0.1) is 22.5 Å². The zero-order valence-electron chi connectivity index (χ0n) is 13.1. The Kier molecular flexibility index (Phi) is 5.43. The summed E-state index contributed by atoms with van der Waals surface area (Å²) in [4.78, 5) is 22.6. The summed E-state index contributed by atoms with van der Waals surface area (Å²) in [5.41, 5.74) is 0.539. The van der Waals surface area contributed by atoms with Gasteiger partial charge in [-0.3, -0.25) is 14.9 Å². The molecule has 0 aromatic heterocycles. The normalized spacial score (nSPS) is 12.8. The van der Waals surface area contributed by atoms with Crippen LogP contribution in [0.3, 0.4) is 0 Å². The number of benzene rings is 1. The minimum atomic E-state index is -0.550. The number of nitro benzene ring substituents is 1. The van der Waals surface area contributed by atoms with E-state index in [0.717, 1.165) is 5.56 Å². The third-order valence-corrected chi connectivity index (χ3v) is 3.29. The van der Waals surface area contributed by atoms with Gasteiger partial charge in [0.2, 0.25) is 0 Å². The Morgan fingerprint density at radius 3 is 2.52 bits per heavy atom. The fourth-order valence-corrected chi connectivity index (χ4v) is 2.01. The van der Waals surface area contributed by atoms with Crippen molar-refractivity contribution in [2.45, 2.75) is 33.8 Å². The van der Waals surface area contributed by atoms with Gasteiger partial charge in [0.1, 0.15) is 5.56 Å². The van der Waals surface area contributed by atoms with Crippen molar-refractivity contribution < 1.29 is 14.5 Å². The van der Waals surface area contributed by atoms with Gasteiger partial charge in [0.05, 0.1) is 11.0 Å². The maximum Gasteiger partial charge on any atom is 0.282 e. The molecule has 1 rings (SSSR count). The first-order valence-corrected chi connectivity index (χ1v) is 6.73. The van der Waals surface area contributed by atoms with Crippen LogP contribution in [-0.4, -0.2) is 30.6 Å². The predicted octanol–water partition coefficient (Wildman–Crippen LogP) is 2.69. The molecule has 1 aromatic rings. The third-order valence-electron chi connectivity index (χ3n) is 3.29. The first-order valence-electron chi connectivity index (χ1n) is 6.73. The molecule has 0 fully saturated rings. The van der Waals surface area contributed by atoms with Gasteiger partial charge in [-0.15, -0.1) is 0 Å². The highest BCUT2D eigenvalue weighted by Crippen LogP contribution is 2.22. The largest absolute Gasteiger partial charge is 0.379 e. The van der Waals surface area contributed by atoms with Crippen LogP contribution < -0.4 is 5.32 Å². The van der Waals surface area contributed by atoms with Gasteiger partial charge in [0, 0.05) is 19.7 Å². The molecule has 1 aromatic carbocycles. The number of hydrogen-bond acceptors (Lipinski definition) is 4. The second kappa shape index (κ2) is 6.67. The molecule has 21 heavy (non-hydrogen) atoms. The number of carbonyl (C=O) groups excluding carboxylic acids is 1. The fraction of sp³-hybridized carbons (Fsp3) is 0.533. The molecule has 0 saturated heterocycles. The molecule has 6 nitrogen and oxygen atoms in total.